The molecule has 0 spiro atoms. The maximum atomic E-state index is 11.6. The van der Waals surface area contributed by atoms with E-state index < -0.39 is 36.8 Å². The van der Waals surface area contributed by atoms with Crippen molar-refractivity contribution in [3.63, 3.8) is 0 Å². The highest BCUT2D eigenvalue weighted by atomic mass is 16.7. The Kier molecular flexibility index (Phi) is 11.6. The van der Waals surface area contributed by atoms with Gasteiger partial charge in [-0.15, -0.1) is 0 Å². The first-order chi connectivity index (χ1) is 18.7. The number of aliphatic hydroxyl groups is 6. The fourth-order valence-corrected chi connectivity index (χ4v) is 4.41. The number of likely N-dealkylation sites (N-methyl/N-ethyl adjacent to an activating group) is 1. The number of amides is 1. The van der Waals surface area contributed by atoms with Gasteiger partial charge in [0.15, 0.2) is 0 Å². The summed E-state index contributed by atoms with van der Waals surface area (Å²) < 4.78 is 16.4. The number of benzene rings is 2. The molecule has 7 N–H and O–H groups in total. The quantitative estimate of drug-likeness (QED) is 0.240. The van der Waals surface area contributed by atoms with Gasteiger partial charge in [-0.1, -0.05) is 43.3 Å². The summed E-state index contributed by atoms with van der Waals surface area (Å²) in [6, 6.07) is 15.3. The van der Waals surface area contributed by atoms with E-state index in [1.807, 2.05) is 49.4 Å². The second-order valence-corrected chi connectivity index (χ2v) is 9.81. The Morgan fingerprint density at radius 3 is 2.33 bits per heavy atom. The molecule has 0 bridgehead atoms. The first-order valence-electron chi connectivity index (χ1n) is 12.9. The monoisotopic (exact) mass is 549 g/mol. The largest absolute Gasteiger partial charge is 0.462 e. The number of carbonyl (C=O) groups is 1. The van der Waals surface area contributed by atoms with Crippen molar-refractivity contribution < 1.29 is 49.6 Å². The van der Waals surface area contributed by atoms with Crippen molar-refractivity contribution in [2.75, 3.05) is 26.9 Å². The Labute approximate surface area is 227 Å². The first kappa shape index (κ1) is 30.9. The Balaban J connectivity index is 0.000000320. The van der Waals surface area contributed by atoms with Gasteiger partial charge in [0.2, 0.25) is 12.2 Å². The van der Waals surface area contributed by atoms with E-state index in [1.54, 1.807) is 13.1 Å². The molecule has 4 rings (SSSR count). The number of aliphatic hydroxyl groups excluding tert-OH is 6. The van der Waals surface area contributed by atoms with Crippen LogP contribution in [0.25, 0.3) is 11.1 Å². The van der Waals surface area contributed by atoms with Crippen LogP contribution in [0.1, 0.15) is 18.9 Å². The number of hydrogen-bond acceptors (Lipinski definition) is 10. The van der Waals surface area contributed by atoms with Crippen LogP contribution in [0.15, 0.2) is 48.5 Å². The highest BCUT2D eigenvalue weighted by molar-refractivity contribution is 5.79. The van der Waals surface area contributed by atoms with E-state index in [0.717, 1.165) is 16.7 Å². The average Bonchev–Trinajstić information content (AvgIpc) is 2.94. The molecule has 2 saturated heterocycles. The van der Waals surface area contributed by atoms with Gasteiger partial charge in [-0.25, -0.2) is 0 Å². The molecule has 6 unspecified atom stereocenters. The van der Waals surface area contributed by atoms with E-state index in [4.69, 9.17) is 34.6 Å². The summed E-state index contributed by atoms with van der Waals surface area (Å²) in [6.07, 6.45) is -5.28. The van der Waals surface area contributed by atoms with E-state index in [2.05, 4.69) is 5.32 Å². The van der Waals surface area contributed by atoms with E-state index in [-0.39, 0.29) is 37.7 Å². The molecule has 2 aromatic carbocycles. The molecular weight excluding hydrogens is 510 g/mol. The molecule has 0 aliphatic carbocycles. The Bertz CT molecular complexity index is 1050. The fourth-order valence-electron chi connectivity index (χ4n) is 4.41. The molecule has 39 heavy (non-hydrogen) atoms. The second-order valence-electron chi connectivity index (χ2n) is 9.81. The number of nitrogens with one attached hydrogen (secondary N) is 1. The predicted molar refractivity (Wildman–Crippen MR) is 141 cm³/mol. The van der Waals surface area contributed by atoms with Crippen LogP contribution in [-0.2, 0) is 20.7 Å². The van der Waals surface area contributed by atoms with Crippen LogP contribution >= 0.6 is 0 Å². The van der Waals surface area contributed by atoms with Crippen molar-refractivity contribution >= 4 is 5.91 Å². The summed E-state index contributed by atoms with van der Waals surface area (Å²) in [7, 11) is 1.62. The van der Waals surface area contributed by atoms with Gasteiger partial charge in [-0.05, 0) is 41.2 Å². The van der Waals surface area contributed by atoms with Gasteiger partial charge in [-0.3, -0.25) is 4.79 Å². The maximum Gasteiger partial charge on any atom is 0.226 e. The highest BCUT2D eigenvalue weighted by Gasteiger charge is 2.37. The summed E-state index contributed by atoms with van der Waals surface area (Å²) in [5, 5.41) is 58.1. The number of hydrogen-bond donors (Lipinski definition) is 7. The Hall–Kier alpha value is -2.61. The van der Waals surface area contributed by atoms with Crippen LogP contribution in [0.5, 0.6) is 5.75 Å². The number of carbonyl (C=O) groups excluding carboxylic acids is 1. The fraction of sp³-hybridized carbons (Fsp3) is 0.536. The standard InChI is InChI=1S/C22H27NO5.C6H12O5/c1-14-9-19(13-24)28-22(21(14)26)27-18-8-4-7-17(12-18)16-6-3-5-15(10-16)11-20(25)23-2;7-1-4-6(10)5(9)3(8)2-11-4/h3-8,10,12,14,19,21-22,24,26H,9,11,13H2,1-2H3,(H,23,25);3-10H,1-2H2/t14?,19?,21?,22-;3?,4?,5?,6-/m01/s1. The Morgan fingerprint density at radius 1 is 0.974 bits per heavy atom. The zero-order valence-electron chi connectivity index (χ0n) is 22.1. The summed E-state index contributed by atoms with van der Waals surface area (Å²) in [5.41, 5.74) is 2.83. The molecule has 216 valence electrons. The van der Waals surface area contributed by atoms with Crippen molar-refractivity contribution in [2.45, 2.75) is 62.7 Å². The molecule has 2 aliphatic rings. The van der Waals surface area contributed by atoms with Gasteiger partial charge in [0, 0.05) is 7.05 Å². The predicted octanol–water partition coefficient (Wildman–Crippen LogP) is -0.415. The van der Waals surface area contributed by atoms with Crippen molar-refractivity contribution in [1.82, 2.24) is 5.32 Å². The molecular formula is C28H39NO10. The lowest BCUT2D eigenvalue weighted by molar-refractivity contribution is -0.225. The summed E-state index contributed by atoms with van der Waals surface area (Å²) in [6.45, 7) is 1.41. The SMILES string of the molecule is CNC(=O)Cc1cccc(-c2cccc(O[C@H]3OC(CO)CC(C)C3O)c2)c1.OCC1OCC(O)C(O)[C@@H]1O. The lowest BCUT2D eigenvalue weighted by atomic mass is 9.94. The molecule has 11 heteroatoms. The molecule has 2 aliphatic heterocycles. The highest BCUT2D eigenvalue weighted by Crippen LogP contribution is 2.30. The van der Waals surface area contributed by atoms with Crippen molar-refractivity contribution in [2.24, 2.45) is 5.92 Å². The topological polar surface area (TPSA) is 178 Å². The van der Waals surface area contributed by atoms with E-state index >= 15 is 0 Å². The van der Waals surface area contributed by atoms with Gasteiger partial charge in [0.1, 0.15) is 36.3 Å². The van der Waals surface area contributed by atoms with Gasteiger partial charge < -0.3 is 50.2 Å². The lowest BCUT2D eigenvalue weighted by Crippen LogP contribution is -2.53. The van der Waals surface area contributed by atoms with E-state index in [0.29, 0.717) is 18.6 Å². The van der Waals surface area contributed by atoms with Crippen LogP contribution < -0.4 is 10.1 Å². The molecule has 2 heterocycles. The van der Waals surface area contributed by atoms with Gasteiger partial charge in [-0.2, -0.15) is 0 Å². The molecule has 0 aromatic heterocycles. The lowest BCUT2D eigenvalue weighted by Gasteiger charge is -2.37. The summed E-state index contributed by atoms with van der Waals surface area (Å²) in [4.78, 5) is 11.6. The average molecular weight is 550 g/mol. The third kappa shape index (κ3) is 8.44. The second kappa shape index (κ2) is 14.7. The summed E-state index contributed by atoms with van der Waals surface area (Å²) >= 11 is 0. The molecule has 11 nitrogen and oxygen atoms in total. The van der Waals surface area contributed by atoms with Gasteiger partial charge in [0.25, 0.3) is 0 Å². The number of rotatable bonds is 7. The molecule has 1 amide bonds. The third-order valence-corrected chi connectivity index (χ3v) is 6.80. The first-order valence-corrected chi connectivity index (χ1v) is 12.9. The van der Waals surface area contributed by atoms with Crippen LogP contribution in [0.3, 0.4) is 0 Å². The Morgan fingerprint density at radius 2 is 1.67 bits per heavy atom. The van der Waals surface area contributed by atoms with Crippen molar-refractivity contribution in [3.8, 4) is 16.9 Å². The molecule has 8 atom stereocenters. The van der Waals surface area contributed by atoms with Gasteiger partial charge >= 0.3 is 0 Å². The van der Waals surface area contributed by atoms with Crippen molar-refractivity contribution in [1.29, 1.82) is 0 Å². The third-order valence-electron chi connectivity index (χ3n) is 6.80. The minimum atomic E-state index is -1.22. The van der Waals surface area contributed by atoms with Crippen LogP contribution in [-0.4, -0.2) is 106 Å². The van der Waals surface area contributed by atoms with Crippen LogP contribution in [0.2, 0.25) is 0 Å². The van der Waals surface area contributed by atoms with Crippen LogP contribution in [0, 0.1) is 5.92 Å². The summed E-state index contributed by atoms with van der Waals surface area (Å²) in [5.74, 6) is 0.509. The minimum absolute atomic E-state index is 0.0273. The maximum absolute atomic E-state index is 11.6. The molecule has 2 fully saturated rings. The normalized spacial score (nSPS) is 30.6. The zero-order valence-corrected chi connectivity index (χ0v) is 22.1. The minimum Gasteiger partial charge on any atom is -0.462 e. The zero-order chi connectivity index (χ0) is 28.5. The van der Waals surface area contributed by atoms with Gasteiger partial charge in [0.05, 0.1) is 32.3 Å². The molecule has 0 saturated carbocycles. The molecule has 2 aromatic rings. The van der Waals surface area contributed by atoms with E-state index in [9.17, 15) is 15.0 Å². The van der Waals surface area contributed by atoms with E-state index in [1.165, 1.54) is 0 Å². The molecule has 0 radical (unpaired) electrons. The van der Waals surface area contributed by atoms with Crippen molar-refractivity contribution in [3.05, 3.63) is 54.1 Å². The van der Waals surface area contributed by atoms with Crippen LogP contribution in [0.4, 0.5) is 0 Å². The smallest absolute Gasteiger partial charge is 0.226 e. The number of ether oxygens (including phenoxy) is 3.